The van der Waals surface area contributed by atoms with Gasteiger partial charge in [-0.3, -0.25) is 9.59 Å². The normalized spacial score (nSPS) is 12.9. The van der Waals surface area contributed by atoms with Crippen molar-refractivity contribution in [1.29, 1.82) is 0 Å². The highest BCUT2D eigenvalue weighted by Gasteiger charge is 2.21. The fourth-order valence-corrected chi connectivity index (χ4v) is 1.22. The van der Waals surface area contributed by atoms with Crippen molar-refractivity contribution in [3.8, 4) is 0 Å². The molecule has 0 saturated heterocycles. The summed E-state index contributed by atoms with van der Waals surface area (Å²) in [5.74, 6) is -0.427. The van der Waals surface area contributed by atoms with Crippen LogP contribution in [0.5, 0.6) is 0 Å². The lowest BCUT2D eigenvalue weighted by Crippen LogP contribution is -2.50. The monoisotopic (exact) mass is 238 g/mol. The molecule has 2 amide bonds. The third-order valence-corrected chi connectivity index (χ3v) is 1.98. The van der Waals surface area contributed by atoms with Gasteiger partial charge in [-0.25, -0.2) is 0 Å². The largest absolute Gasteiger partial charge is 0.459 e. The average molecular weight is 238 g/mol. The number of rotatable bonds is 3. The number of hydrogen-bond donors (Lipinski definition) is 2. The second-order valence-corrected chi connectivity index (χ2v) is 4.91. The van der Waals surface area contributed by atoms with Gasteiger partial charge in [0.2, 0.25) is 5.91 Å². The Morgan fingerprint density at radius 3 is 2.47 bits per heavy atom. The van der Waals surface area contributed by atoms with Crippen LogP contribution in [0, 0.1) is 0 Å². The van der Waals surface area contributed by atoms with E-state index >= 15 is 0 Å². The molecule has 0 saturated carbocycles. The number of carbonyl (C=O) groups is 2. The van der Waals surface area contributed by atoms with E-state index in [1.54, 1.807) is 19.1 Å². The minimum absolute atomic E-state index is 0.195. The lowest BCUT2D eigenvalue weighted by atomic mass is 10.1. The highest BCUT2D eigenvalue weighted by Crippen LogP contribution is 2.02. The molecule has 0 radical (unpaired) electrons. The van der Waals surface area contributed by atoms with Gasteiger partial charge in [-0.05, 0) is 39.8 Å². The Labute approximate surface area is 101 Å². The molecule has 17 heavy (non-hydrogen) atoms. The van der Waals surface area contributed by atoms with Crippen LogP contribution >= 0.6 is 0 Å². The summed E-state index contributed by atoms with van der Waals surface area (Å²) in [7, 11) is 0. The summed E-state index contributed by atoms with van der Waals surface area (Å²) in [6, 6.07) is 2.56. The standard InChI is InChI=1S/C12H18N2O3/c1-8(10(15)14-12(2,3)4)13-11(16)9-6-5-7-17-9/h5-8H,1-4H3,(H,13,16)(H,14,15). The molecule has 0 aromatic carbocycles. The van der Waals surface area contributed by atoms with Gasteiger partial charge in [-0.15, -0.1) is 0 Å². The van der Waals surface area contributed by atoms with Gasteiger partial charge in [-0.1, -0.05) is 0 Å². The molecule has 2 N–H and O–H groups in total. The zero-order valence-corrected chi connectivity index (χ0v) is 10.5. The van der Waals surface area contributed by atoms with E-state index in [-0.39, 0.29) is 17.2 Å². The van der Waals surface area contributed by atoms with E-state index in [0.717, 1.165) is 0 Å². The van der Waals surface area contributed by atoms with Crippen LogP contribution in [0.1, 0.15) is 38.2 Å². The van der Waals surface area contributed by atoms with Crippen LogP contribution in [0.2, 0.25) is 0 Å². The first-order valence-corrected chi connectivity index (χ1v) is 5.46. The molecular formula is C12H18N2O3. The van der Waals surface area contributed by atoms with Crippen molar-refractivity contribution in [1.82, 2.24) is 10.6 Å². The highest BCUT2D eigenvalue weighted by atomic mass is 16.3. The fourth-order valence-electron chi connectivity index (χ4n) is 1.22. The van der Waals surface area contributed by atoms with Crippen LogP contribution in [-0.2, 0) is 4.79 Å². The first-order valence-electron chi connectivity index (χ1n) is 5.46. The van der Waals surface area contributed by atoms with E-state index in [4.69, 9.17) is 4.42 Å². The van der Waals surface area contributed by atoms with Gasteiger partial charge in [-0.2, -0.15) is 0 Å². The van der Waals surface area contributed by atoms with Crippen molar-refractivity contribution in [2.45, 2.75) is 39.3 Å². The van der Waals surface area contributed by atoms with Crippen LogP contribution in [0.15, 0.2) is 22.8 Å². The number of carbonyl (C=O) groups excluding carboxylic acids is 2. The molecule has 0 fully saturated rings. The molecule has 1 rings (SSSR count). The molecule has 1 atom stereocenters. The van der Waals surface area contributed by atoms with Crippen LogP contribution in [-0.4, -0.2) is 23.4 Å². The molecule has 0 aliphatic heterocycles. The molecule has 0 aliphatic carbocycles. The lowest BCUT2D eigenvalue weighted by molar-refractivity contribution is -0.124. The predicted octanol–water partition coefficient (Wildman–Crippen LogP) is 1.31. The maximum Gasteiger partial charge on any atom is 0.287 e. The number of amides is 2. The van der Waals surface area contributed by atoms with Crippen LogP contribution in [0.25, 0.3) is 0 Å². The predicted molar refractivity (Wildman–Crippen MR) is 63.5 cm³/mol. The van der Waals surface area contributed by atoms with E-state index in [1.165, 1.54) is 6.26 Å². The van der Waals surface area contributed by atoms with E-state index < -0.39 is 11.9 Å². The van der Waals surface area contributed by atoms with Gasteiger partial charge in [0, 0.05) is 5.54 Å². The second-order valence-electron chi connectivity index (χ2n) is 4.91. The molecule has 1 aromatic heterocycles. The van der Waals surface area contributed by atoms with Crippen LogP contribution in [0.4, 0.5) is 0 Å². The maximum absolute atomic E-state index is 11.7. The first kappa shape index (κ1) is 13.3. The lowest BCUT2D eigenvalue weighted by Gasteiger charge is -2.23. The highest BCUT2D eigenvalue weighted by molar-refractivity contribution is 5.95. The van der Waals surface area contributed by atoms with Crippen molar-refractivity contribution in [2.24, 2.45) is 0 Å². The van der Waals surface area contributed by atoms with Crippen molar-refractivity contribution in [2.75, 3.05) is 0 Å². The Bertz CT molecular complexity index is 390. The third-order valence-electron chi connectivity index (χ3n) is 1.98. The van der Waals surface area contributed by atoms with E-state index in [2.05, 4.69) is 10.6 Å². The number of furan rings is 1. The molecule has 0 spiro atoms. The summed E-state index contributed by atoms with van der Waals surface area (Å²) in [6.45, 7) is 7.27. The molecule has 0 bridgehead atoms. The van der Waals surface area contributed by atoms with E-state index in [0.29, 0.717) is 0 Å². The summed E-state index contributed by atoms with van der Waals surface area (Å²) in [5.41, 5.74) is -0.319. The van der Waals surface area contributed by atoms with E-state index in [1.807, 2.05) is 20.8 Å². The van der Waals surface area contributed by atoms with Crippen molar-refractivity contribution < 1.29 is 14.0 Å². The SMILES string of the molecule is CC(NC(=O)c1ccco1)C(=O)NC(C)(C)C. The van der Waals surface area contributed by atoms with Gasteiger partial charge in [0.1, 0.15) is 6.04 Å². The Balaban J connectivity index is 2.52. The average Bonchev–Trinajstić information content (AvgIpc) is 2.67. The minimum Gasteiger partial charge on any atom is -0.459 e. The summed E-state index contributed by atoms with van der Waals surface area (Å²) in [4.78, 5) is 23.3. The third kappa shape index (κ3) is 4.30. The van der Waals surface area contributed by atoms with Crippen molar-refractivity contribution in [3.05, 3.63) is 24.2 Å². The summed E-state index contributed by atoms with van der Waals surface area (Å²) < 4.78 is 4.93. The number of hydrogen-bond acceptors (Lipinski definition) is 3. The topological polar surface area (TPSA) is 71.3 Å². The molecule has 1 aromatic rings. The second kappa shape index (κ2) is 5.03. The van der Waals surface area contributed by atoms with E-state index in [9.17, 15) is 9.59 Å². The van der Waals surface area contributed by atoms with Crippen LogP contribution < -0.4 is 10.6 Å². The maximum atomic E-state index is 11.7. The fraction of sp³-hybridized carbons (Fsp3) is 0.500. The van der Waals surface area contributed by atoms with Crippen LogP contribution in [0.3, 0.4) is 0 Å². The summed E-state index contributed by atoms with van der Waals surface area (Å²) >= 11 is 0. The van der Waals surface area contributed by atoms with Gasteiger partial charge in [0.15, 0.2) is 5.76 Å². The van der Waals surface area contributed by atoms with Gasteiger partial charge in [0.25, 0.3) is 5.91 Å². The van der Waals surface area contributed by atoms with Gasteiger partial charge < -0.3 is 15.1 Å². The van der Waals surface area contributed by atoms with Crippen molar-refractivity contribution >= 4 is 11.8 Å². The molecular weight excluding hydrogens is 220 g/mol. The molecule has 0 aliphatic rings. The minimum atomic E-state index is -0.605. The van der Waals surface area contributed by atoms with Gasteiger partial charge in [0.05, 0.1) is 6.26 Å². The quantitative estimate of drug-likeness (QED) is 0.834. The Hall–Kier alpha value is -1.78. The smallest absolute Gasteiger partial charge is 0.287 e. The Morgan fingerprint density at radius 2 is 2.00 bits per heavy atom. The molecule has 1 heterocycles. The zero-order valence-electron chi connectivity index (χ0n) is 10.5. The summed E-state index contributed by atoms with van der Waals surface area (Å²) in [5, 5.41) is 5.35. The molecule has 1 unspecified atom stereocenters. The first-order chi connectivity index (χ1) is 7.79. The summed E-state index contributed by atoms with van der Waals surface area (Å²) in [6.07, 6.45) is 1.41. The molecule has 5 heteroatoms. The number of nitrogens with one attached hydrogen (secondary N) is 2. The van der Waals surface area contributed by atoms with Gasteiger partial charge >= 0.3 is 0 Å². The zero-order chi connectivity index (χ0) is 13.1. The van der Waals surface area contributed by atoms with Crippen molar-refractivity contribution in [3.63, 3.8) is 0 Å². The molecule has 5 nitrogen and oxygen atoms in total. The Kier molecular flexibility index (Phi) is 3.93. The Morgan fingerprint density at radius 1 is 1.35 bits per heavy atom. The molecule has 94 valence electrons.